The van der Waals surface area contributed by atoms with Gasteiger partial charge in [-0.25, -0.2) is 9.67 Å². The molecule has 0 radical (unpaired) electrons. The average molecular weight is 230 g/mol. The molecule has 0 unspecified atom stereocenters. The van der Waals surface area contributed by atoms with Gasteiger partial charge in [0.1, 0.15) is 12.2 Å². The minimum atomic E-state index is 0.0171. The summed E-state index contributed by atoms with van der Waals surface area (Å²) in [4.78, 5) is 20.0. The lowest BCUT2D eigenvalue weighted by molar-refractivity contribution is 0.0989. The van der Waals surface area contributed by atoms with Crippen molar-refractivity contribution in [2.24, 2.45) is 0 Å². The first kappa shape index (κ1) is 11.4. The number of carbonyl (C=O) groups excluding carboxylic acids is 1. The molecule has 17 heavy (non-hydrogen) atoms. The van der Waals surface area contributed by atoms with Crippen LogP contribution in [-0.2, 0) is 13.0 Å². The van der Waals surface area contributed by atoms with Crippen molar-refractivity contribution in [3.8, 4) is 0 Å². The molecule has 0 aliphatic carbocycles. The van der Waals surface area contributed by atoms with E-state index in [2.05, 4.69) is 22.0 Å². The number of aryl methyl sites for hydroxylation is 1. The lowest BCUT2D eigenvalue weighted by Crippen LogP contribution is -2.11. The van der Waals surface area contributed by atoms with Gasteiger partial charge in [-0.1, -0.05) is 6.92 Å². The normalized spacial score (nSPS) is 10.4. The van der Waals surface area contributed by atoms with E-state index in [9.17, 15) is 4.79 Å². The lowest BCUT2D eigenvalue weighted by Gasteiger charge is -2.03. The van der Waals surface area contributed by atoms with Crippen LogP contribution in [0, 0.1) is 0 Å². The molecule has 0 amide bonds. The highest BCUT2D eigenvalue weighted by Gasteiger charge is 2.11. The van der Waals surface area contributed by atoms with Crippen molar-refractivity contribution in [2.45, 2.75) is 26.3 Å². The number of hydrogen-bond donors (Lipinski definition) is 0. The third-order valence-electron chi connectivity index (χ3n) is 2.43. The molecule has 5 nitrogen and oxygen atoms in total. The van der Waals surface area contributed by atoms with Crippen molar-refractivity contribution in [1.82, 2.24) is 19.7 Å². The third-order valence-corrected chi connectivity index (χ3v) is 2.43. The summed E-state index contributed by atoms with van der Waals surface area (Å²) in [7, 11) is 0. The number of ketones is 1. The molecule has 0 saturated heterocycles. The monoisotopic (exact) mass is 230 g/mol. The number of pyridine rings is 1. The van der Waals surface area contributed by atoms with Gasteiger partial charge < -0.3 is 0 Å². The molecule has 2 aromatic rings. The molecule has 0 fully saturated rings. The molecule has 5 heteroatoms. The summed E-state index contributed by atoms with van der Waals surface area (Å²) in [5, 5.41) is 4.09. The molecule has 0 spiro atoms. The number of Topliss-reactive ketones (excluding diaryl/α,β-unsaturated/α-hetero) is 1. The van der Waals surface area contributed by atoms with Gasteiger partial charge in [-0.3, -0.25) is 9.78 Å². The third kappa shape index (κ3) is 2.75. The van der Waals surface area contributed by atoms with Crippen molar-refractivity contribution in [3.05, 3.63) is 42.2 Å². The van der Waals surface area contributed by atoms with Crippen LogP contribution in [0.1, 0.15) is 29.5 Å². The first-order valence-corrected chi connectivity index (χ1v) is 5.61. The maximum atomic E-state index is 11.9. The van der Waals surface area contributed by atoms with Crippen LogP contribution in [0.5, 0.6) is 0 Å². The predicted molar refractivity (Wildman–Crippen MR) is 62.6 cm³/mol. The Hall–Kier alpha value is -2.04. The Bertz CT molecular complexity index is 492. The van der Waals surface area contributed by atoms with E-state index >= 15 is 0 Å². The molecule has 0 aromatic carbocycles. The average Bonchev–Trinajstić information content (AvgIpc) is 2.78. The van der Waals surface area contributed by atoms with E-state index in [1.54, 1.807) is 29.2 Å². The highest BCUT2D eigenvalue weighted by Crippen LogP contribution is 2.04. The summed E-state index contributed by atoms with van der Waals surface area (Å²) in [6, 6.07) is 3.51. The summed E-state index contributed by atoms with van der Waals surface area (Å²) in [6.45, 7) is 2.85. The topological polar surface area (TPSA) is 60.7 Å². The summed E-state index contributed by atoms with van der Waals surface area (Å²) in [6.07, 6.45) is 5.95. The Morgan fingerprint density at radius 3 is 3.06 bits per heavy atom. The van der Waals surface area contributed by atoms with Gasteiger partial charge in [0.25, 0.3) is 0 Å². The zero-order chi connectivity index (χ0) is 12.1. The maximum absolute atomic E-state index is 11.9. The molecule has 88 valence electrons. The summed E-state index contributed by atoms with van der Waals surface area (Å²) in [5.74, 6) is 0.726. The number of hydrogen-bond acceptors (Lipinski definition) is 4. The van der Waals surface area contributed by atoms with Crippen LogP contribution in [0.4, 0.5) is 0 Å². The second-order valence-electron chi connectivity index (χ2n) is 3.74. The Labute approximate surface area is 99.5 Å². The summed E-state index contributed by atoms with van der Waals surface area (Å²) >= 11 is 0. The van der Waals surface area contributed by atoms with Crippen LogP contribution in [0.15, 0.2) is 30.9 Å². The van der Waals surface area contributed by atoms with E-state index in [-0.39, 0.29) is 12.2 Å². The SMILES string of the molecule is CCCn1ncnc1CC(=O)c1cccnc1. The van der Waals surface area contributed by atoms with Crippen LogP contribution in [0.2, 0.25) is 0 Å². The first-order chi connectivity index (χ1) is 8.31. The van der Waals surface area contributed by atoms with E-state index in [1.165, 1.54) is 6.33 Å². The van der Waals surface area contributed by atoms with Gasteiger partial charge in [-0.2, -0.15) is 5.10 Å². The van der Waals surface area contributed by atoms with Gasteiger partial charge in [0.05, 0.1) is 6.42 Å². The fourth-order valence-corrected chi connectivity index (χ4v) is 1.60. The highest BCUT2D eigenvalue weighted by atomic mass is 16.1. The molecule has 0 aliphatic rings. The van der Waals surface area contributed by atoms with Crippen molar-refractivity contribution < 1.29 is 4.79 Å². The number of aromatic nitrogens is 4. The van der Waals surface area contributed by atoms with Crippen LogP contribution in [0.3, 0.4) is 0 Å². The molecule has 2 aromatic heterocycles. The fraction of sp³-hybridized carbons (Fsp3) is 0.333. The van der Waals surface area contributed by atoms with E-state index in [4.69, 9.17) is 0 Å². The largest absolute Gasteiger partial charge is 0.294 e. The molecule has 2 heterocycles. The Balaban J connectivity index is 2.11. The minimum absolute atomic E-state index is 0.0171. The molecule has 0 N–H and O–H groups in total. The summed E-state index contributed by atoms with van der Waals surface area (Å²) < 4.78 is 1.77. The second kappa shape index (κ2) is 5.34. The zero-order valence-electron chi connectivity index (χ0n) is 9.71. The van der Waals surface area contributed by atoms with E-state index in [0.29, 0.717) is 11.4 Å². The van der Waals surface area contributed by atoms with E-state index in [1.807, 2.05) is 0 Å². The molecular formula is C12H14N4O. The molecular weight excluding hydrogens is 216 g/mol. The smallest absolute Gasteiger partial charge is 0.171 e. The van der Waals surface area contributed by atoms with E-state index in [0.717, 1.165) is 13.0 Å². The van der Waals surface area contributed by atoms with Gasteiger partial charge in [-0.15, -0.1) is 0 Å². The van der Waals surface area contributed by atoms with Crippen molar-refractivity contribution in [2.75, 3.05) is 0 Å². The predicted octanol–water partition coefficient (Wildman–Crippen LogP) is 1.51. The molecule has 0 atom stereocenters. The first-order valence-electron chi connectivity index (χ1n) is 5.61. The minimum Gasteiger partial charge on any atom is -0.294 e. The quantitative estimate of drug-likeness (QED) is 0.730. The highest BCUT2D eigenvalue weighted by molar-refractivity contribution is 5.96. The lowest BCUT2D eigenvalue weighted by atomic mass is 10.1. The van der Waals surface area contributed by atoms with Crippen molar-refractivity contribution in [3.63, 3.8) is 0 Å². The molecule has 0 aliphatic heterocycles. The standard InChI is InChI=1S/C12H14N4O/c1-2-6-16-12(14-9-15-16)7-11(17)10-4-3-5-13-8-10/h3-5,8-9H,2,6-7H2,1H3. The Morgan fingerprint density at radius 2 is 2.35 bits per heavy atom. The molecule has 2 rings (SSSR count). The van der Waals surface area contributed by atoms with Crippen LogP contribution in [0.25, 0.3) is 0 Å². The van der Waals surface area contributed by atoms with Gasteiger partial charge in [0, 0.05) is 24.5 Å². The summed E-state index contributed by atoms with van der Waals surface area (Å²) in [5.41, 5.74) is 0.610. The molecule has 0 saturated carbocycles. The fourth-order valence-electron chi connectivity index (χ4n) is 1.60. The van der Waals surface area contributed by atoms with Gasteiger partial charge in [0.2, 0.25) is 0 Å². The van der Waals surface area contributed by atoms with Gasteiger partial charge in [0.15, 0.2) is 5.78 Å². The van der Waals surface area contributed by atoms with Gasteiger partial charge >= 0.3 is 0 Å². The van der Waals surface area contributed by atoms with Gasteiger partial charge in [-0.05, 0) is 18.6 Å². The number of rotatable bonds is 5. The van der Waals surface area contributed by atoms with Crippen LogP contribution < -0.4 is 0 Å². The maximum Gasteiger partial charge on any atom is 0.171 e. The van der Waals surface area contributed by atoms with Crippen LogP contribution in [-0.4, -0.2) is 25.5 Å². The molecule has 0 bridgehead atoms. The van der Waals surface area contributed by atoms with E-state index < -0.39 is 0 Å². The Morgan fingerprint density at radius 1 is 1.47 bits per heavy atom. The Kier molecular flexibility index (Phi) is 3.59. The zero-order valence-corrected chi connectivity index (χ0v) is 9.71. The van der Waals surface area contributed by atoms with Crippen LogP contribution >= 0.6 is 0 Å². The number of carbonyl (C=O) groups is 1. The second-order valence-corrected chi connectivity index (χ2v) is 3.74. The van der Waals surface area contributed by atoms with Crippen molar-refractivity contribution in [1.29, 1.82) is 0 Å². The number of nitrogens with zero attached hydrogens (tertiary/aromatic N) is 4. The van der Waals surface area contributed by atoms with Crippen molar-refractivity contribution >= 4 is 5.78 Å².